The lowest BCUT2D eigenvalue weighted by Gasteiger charge is -2.15. The molecule has 2 rings (SSSR count). The molecule has 112 valence electrons. The minimum atomic E-state index is -0.257. The molecule has 2 aromatic rings. The zero-order chi connectivity index (χ0) is 15.4. The van der Waals surface area contributed by atoms with Crippen molar-refractivity contribution < 1.29 is 0 Å². The first-order valence-corrected chi connectivity index (χ1v) is 7.33. The lowest BCUT2D eigenvalue weighted by Crippen LogP contribution is -2.28. The molecule has 4 heteroatoms. The lowest BCUT2D eigenvalue weighted by molar-refractivity contribution is 0.549. The van der Waals surface area contributed by atoms with E-state index >= 15 is 0 Å². The van der Waals surface area contributed by atoms with E-state index in [9.17, 15) is 4.79 Å². The van der Waals surface area contributed by atoms with Crippen molar-refractivity contribution in [2.24, 2.45) is 11.7 Å². The number of benzene rings is 1. The van der Waals surface area contributed by atoms with Crippen LogP contribution in [0.4, 0.5) is 0 Å². The average Bonchev–Trinajstić information content (AvgIpc) is 2.43. The maximum atomic E-state index is 11.7. The van der Waals surface area contributed by atoms with E-state index < -0.39 is 0 Å². The molecule has 0 fully saturated rings. The van der Waals surface area contributed by atoms with Crippen LogP contribution in [0.1, 0.15) is 36.6 Å². The van der Waals surface area contributed by atoms with Crippen LogP contribution in [0.3, 0.4) is 0 Å². The molecule has 2 N–H and O–H groups in total. The second-order valence-electron chi connectivity index (χ2n) is 6.01. The molecule has 1 heterocycles. The van der Waals surface area contributed by atoms with Gasteiger partial charge in [0.15, 0.2) is 0 Å². The largest absolute Gasteiger partial charge is 0.347 e. The van der Waals surface area contributed by atoms with Crippen LogP contribution in [-0.4, -0.2) is 9.55 Å². The van der Waals surface area contributed by atoms with Gasteiger partial charge in [-0.25, -0.2) is 9.78 Å². The van der Waals surface area contributed by atoms with Gasteiger partial charge in [-0.15, -0.1) is 0 Å². The Kier molecular flexibility index (Phi) is 4.91. The summed E-state index contributed by atoms with van der Waals surface area (Å²) in [5.41, 5.74) is 9.26. The number of nitrogens with two attached hydrogens (primary N) is 1. The van der Waals surface area contributed by atoms with Crippen molar-refractivity contribution >= 4 is 0 Å². The second kappa shape index (κ2) is 6.68. The summed E-state index contributed by atoms with van der Waals surface area (Å²) in [7, 11) is 0. The predicted octanol–water partition coefficient (Wildman–Crippen LogP) is 2.45. The molecular formula is C17H23N3O. The highest BCUT2D eigenvalue weighted by Gasteiger charge is 2.09. The molecule has 0 aliphatic rings. The van der Waals surface area contributed by atoms with Crippen LogP contribution < -0.4 is 11.4 Å². The molecule has 1 atom stereocenters. The van der Waals surface area contributed by atoms with Gasteiger partial charge in [0.1, 0.15) is 0 Å². The summed E-state index contributed by atoms with van der Waals surface area (Å²) in [5.74, 6) is 0.640. The van der Waals surface area contributed by atoms with E-state index in [1.807, 2.05) is 6.92 Å². The number of aromatic nitrogens is 2. The molecule has 21 heavy (non-hydrogen) atoms. The number of hydrogen-bond acceptors (Lipinski definition) is 3. The highest BCUT2D eigenvalue weighted by Crippen LogP contribution is 2.15. The first kappa shape index (κ1) is 15.4. The van der Waals surface area contributed by atoms with Gasteiger partial charge in [-0.05, 0) is 36.0 Å². The van der Waals surface area contributed by atoms with Gasteiger partial charge in [-0.3, -0.25) is 4.57 Å². The van der Waals surface area contributed by atoms with Gasteiger partial charge in [0.2, 0.25) is 0 Å². The van der Waals surface area contributed by atoms with E-state index in [2.05, 4.69) is 43.1 Å². The Bertz CT molecular complexity index is 644. The standard InChI is InChI=1S/C17H23N3O/c1-12(2)8-14-4-6-15(7-5-14)16(18)11-20-10-13(3)9-19-17(20)21/h4-7,9-10,12,16H,8,11,18H2,1-3H3. The minimum absolute atomic E-state index is 0.209. The van der Waals surface area contributed by atoms with Crippen LogP contribution >= 0.6 is 0 Å². The minimum Gasteiger partial charge on any atom is -0.322 e. The van der Waals surface area contributed by atoms with Gasteiger partial charge < -0.3 is 5.73 Å². The van der Waals surface area contributed by atoms with E-state index in [-0.39, 0.29) is 11.7 Å². The molecule has 0 aliphatic carbocycles. The fraction of sp³-hybridized carbons (Fsp3) is 0.412. The van der Waals surface area contributed by atoms with E-state index in [1.165, 1.54) is 5.56 Å². The molecule has 0 saturated heterocycles. The van der Waals surface area contributed by atoms with E-state index in [1.54, 1.807) is 17.0 Å². The van der Waals surface area contributed by atoms with Crippen molar-refractivity contribution in [2.75, 3.05) is 0 Å². The zero-order valence-electron chi connectivity index (χ0n) is 12.9. The first-order valence-electron chi connectivity index (χ1n) is 7.33. The molecule has 4 nitrogen and oxygen atoms in total. The number of rotatable bonds is 5. The number of aryl methyl sites for hydroxylation is 1. The van der Waals surface area contributed by atoms with Crippen LogP contribution in [0.2, 0.25) is 0 Å². The van der Waals surface area contributed by atoms with Crippen molar-refractivity contribution in [1.82, 2.24) is 9.55 Å². The summed E-state index contributed by atoms with van der Waals surface area (Å²) in [6.07, 6.45) is 4.43. The Balaban J connectivity index is 2.11. The molecule has 0 aliphatic heterocycles. The third-order valence-electron chi connectivity index (χ3n) is 3.43. The maximum Gasteiger partial charge on any atom is 0.347 e. The molecular weight excluding hydrogens is 262 g/mol. The highest BCUT2D eigenvalue weighted by molar-refractivity contribution is 5.25. The van der Waals surface area contributed by atoms with Crippen LogP contribution in [0.5, 0.6) is 0 Å². The summed E-state index contributed by atoms with van der Waals surface area (Å²) in [6.45, 7) is 6.76. The summed E-state index contributed by atoms with van der Waals surface area (Å²) >= 11 is 0. The monoisotopic (exact) mass is 285 g/mol. The van der Waals surface area contributed by atoms with E-state index in [0.29, 0.717) is 12.5 Å². The van der Waals surface area contributed by atoms with Crippen LogP contribution in [-0.2, 0) is 13.0 Å². The Hall–Kier alpha value is -1.94. The predicted molar refractivity (Wildman–Crippen MR) is 85.1 cm³/mol. The summed E-state index contributed by atoms with van der Waals surface area (Å²) in [5, 5.41) is 0. The van der Waals surface area contributed by atoms with Gasteiger partial charge in [0.05, 0.1) is 0 Å². The number of nitrogens with zero attached hydrogens (tertiary/aromatic N) is 2. The van der Waals surface area contributed by atoms with Gasteiger partial charge >= 0.3 is 5.69 Å². The number of hydrogen-bond donors (Lipinski definition) is 1. The third kappa shape index (κ3) is 4.26. The highest BCUT2D eigenvalue weighted by atomic mass is 16.1. The normalized spacial score (nSPS) is 12.6. The topological polar surface area (TPSA) is 60.9 Å². The Morgan fingerprint density at radius 2 is 1.90 bits per heavy atom. The molecule has 1 aromatic carbocycles. The molecule has 0 saturated carbocycles. The second-order valence-corrected chi connectivity index (χ2v) is 6.01. The van der Waals surface area contributed by atoms with Gasteiger partial charge in [0, 0.05) is 25.0 Å². The van der Waals surface area contributed by atoms with Crippen molar-refractivity contribution in [3.05, 3.63) is 63.8 Å². The van der Waals surface area contributed by atoms with Gasteiger partial charge in [-0.2, -0.15) is 0 Å². The summed E-state index contributed by atoms with van der Waals surface area (Å²) in [4.78, 5) is 15.5. The molecule has 1 aromatic heterocycles. The Labute approximate surface area is 125 Å². The zero-order valence-corrected chi connectivity index (χ0v) is 12.9. The molecule has 0 radical (unpaired) electrons. The van der Waals surface area contributed by atoms with E-state index in [0.717, 1.165) is 17.5 Å². The Morgan fingerprint density at radius 3 is 2.52 bits per heavy atom. The molecule has 0 spiro atoms. The SMILES string of the molecule is Cc1cnc(=O)n(CC(N)c2ccc(CC(C)C)cc2)c1. The van der Waals surface area contributed by atoms with Crippen molar-refractivity contribution in [2.45, 2.75) is 39.8 Å². The molecule has 0 bridgehead atoms. The molecule has 1 unspecified atom stereocenters. The quantitative estimate of drug-likeness (QED) is 0.918. The Morgan fingerprint density at radius 1 is 1.24 bits per heavy atom. The maximum absolute atomic E-state index is 11.7. The molecule has 0 amide bonds. The van der Waals surface area contributed by atoms with Crippen LogP contribution in [0.25, 0.3) is 0 Å². The van der Waals surface area contributed by atoms with Gasteiger partial charge in [-0.1, -0.05) is 38.1 Å². The van der Waals surface area contributed by atoms with Crippen molar-refractivity contribution in [1.29, 1.82) is 0 Å². The first-order chi connectivity index (χ1) is 9.95. The van der Waals surface area contributed by atoms with Crippen LogP contribution in [0, 0.1) is 12.8 Å². The van der Waals surface area contributed by atoms with E-state index in [4.69, 9.17) is 5.73 Å². The third-order valence-corrected chi connectivity index (χ3v) is 3.43. The fourth-order valence-corrected chi connectivity index (χ4v) is 2.39. The average molecular weight is 285 g/mol. The lowest BCUT2D eigenvalue weighted by atomic mass is 9.99. The van der Waals surface area contributed by atoms with Crippen molar-refractivity contribution in [3.63, 3.8) is 0 Å². The summed E-state index contributed by atoms with van der Waals surface area (Å²) in [6, 6.07) is 8.13. The van der Waals surface area contributed by atoms with Gasteiger partial charge in [0.25, 0.3) is 0 Å². The van der Waals surface area contributed by atoms with Crippen LogP contribution in [0.15, 0.2) is 41.5 Å². The van der Waals surface area contributed by atoms with Crippen molar-refractivity contribution in [3.8, 4) is 0 Å². The smallest absolute Gasteiger partial charge is 0.322 e. The summed E-state index contributed by atoms with van der Waals surface area (Å²) < 4.78 is 1.57. The fourth-order valence-electron chi connectivity index (χ4n) is 2.39.